The molecule has 0 spiro atoms. The van der Waals surface area contributed by atoms with E-state index in [4.69, 9.17) is 9.47 Å². The van der Waals surface area contributed by atoms with Gasteiger partial charge in [0.1, 0.15) is 13.2 Å². The number of hydrogen-bond donors (Lipinski definition) is 4. The third-order valence-electron chi connectivity index (χ3n) is 5.05. The normalized spacial score (nSPS) is 14.9. The molecule has 2 aliphatic rings. The van der Waals surface area contributed by atoms with E-state index < -0.39 is 24.2 Å². The number of benzene rings is 2. The molecule has 2 heterocycles. The lowest BCUT2D eigenvalue weighted by Crippen LogP contribution is -2.38. The summed E-state index contributed by atoms with van der Waals surface area (Å²) >= 11 is 0. The molecule has 2 aromatic carbocycles. The van der Waals surface area contributed by atoms with Gasteiger partial charge in [0.25, 0.3) is 0 Å². The van der Waals surface area contributed by atoms with Crippen LogP contribution in [0.5, 0.6) is 0 Å². The molecule has 0 atom stereocenters. The van der Waals surface area contributed by atoms with Crippen LogP contribution in [-0.2, 0) is 9.47 Å². The number of nitrogens with one attached hydrogen (secondary N) is 4. The molecule has 2 fully saturated rings. The Morgan fingerprint density at radius 3 is 1.56 bits per heavy atom. The van der Waals surface area contributed by atoms with Crippen molar-refractivity contribution in [3.05, 3.63) is 48.5 Å². The fraction of sp³-hybridized carbons (Fsp3) is 0.273. The number of urea groups is 2. The van der Waals surface area contributed by atoms with Gasteiger partial charge in [-0.05, 0) is 36.4 Å². The maximum absolute atomic E-state index is 12.1. The van der Waals surface area contributed by atoms with Crippen LogP contribution in [0.25, 0.3) is 0 Å². The molecule has 2 aromatic rings. The first-order valence-electron chi connectivity index (χ1n) is 10.7. The van der Waals surface area contributed by atoms with E-state index in [-0.39, 0.29) is 13.1 Å². The molecule has 0 bridgehead atoms. The first-order valence-corrected chi connectivity index (χ1v) is 10.7. The molecule has 0 saturated carbocycles. The zero-order valence-electron chi connectivity index (χ0n) is 18.2. The van der Waals surface area contributed by atoms with Gasteiger partial charge in [-0.15, -0.1) is 0 Å². The Bertz CT molecular complexity index is 1010. The summed E-state index contributed by atoms with van der Waals surface area (Å²) in [5.74, 6) is 0. The van der Waals surface area contributed by atoms with Gasteiger partial charge in [0.15, 0.2) is 0 Å². The highest BCUT2D eigenvalue weighted by atomic mass is 16.6. The summed E-state index contributed by atoms with van der Waals surface area (Å²) in [6.07, 6.45) is -0.840. The van der Waals surface area contributed by atoms with Crippen molar-refractivity contribution in [3.8, 4) is 0 Å². The molecular weight excluding hydrogens is 444 g/mol. The number of anilines is 4. The average molecular weight is 468 g/mol. The van der Waals surface area contributed by atoms with Crippen LogP contribution in [-0.4, -0.2) is 63.6 Å². The van der Waals surface area contributed by atoms with Crippen LogP contribution in [0.3, 0.4) is 0 Å². The SMILES string of the molecule is O=C(NCCNC(=O)Nc1cccc(N2CCOC2=O)c1)Nc1cccc(N2CCOC2=O)c1. The van der Waals surface area contributed by atoms with E-state index in [1.165, 1.54) is 9.80 Å². The van der Waals surface area contributed by atoms with Crippen LogP contribution >= 0.6 is 0 Å². The monoisotopic (exact) mass is 468 g/mol. The zero-order chi connectivity index (χ0) is 23.9. The molecule has 0 radical (unpaired) electrons. The highest BCUT2D eigenvalue weighted by molar-refractivity contribution is 5.94. The van der Waals surface area contributed by atoms with Gasteiger partial charge in [-0.1, -0.05) is 12.1 Å². The maximum atomic E-state index is 12.1. The molecule has 0 unspecified atom stereocenters. The minimum absolute atomic E-state index is 0.192. The Labute approximate surface area is 195 Å². The molecule has 4 rings (SSSR count). The second-order valence-corrected chi connectivity index (χ2v) is 7.39. The van der Waals surface area contributed by atoms with Crippen LogP contribution in [0.2, 0.25) is 0 Å². The standard InChI is InChI=1S/C22H24N6O6/c29-19(25-15-3-1-5-17(13-15)27-9-11-33-21(27)31)23-7-8-24-20(30)26-16-4-2-6-18(14-16)28-10-12-34-22(28)32/h1-6,13-14H,7-12H2,(H2,23,25,29)(H2,24,26,30). The Morgan fingerprint density at radius 1 is 0.735 bits per heavy atom. The van der Waals surface area contributed by atoms with Gasteiger partial charge in [-0.3, -0.25) is 9.80 Å². The number of ether oxygens (including phenoxy) is 2. The van der Waals surface area contributed by atoms with Crippen molar-refractivity contribution >= 4 is 47.0 Å². The maximum Gasteiger partial charge on any atom is 0.414 e. The summed E-state index contributed by atoms with van der Waals surface area (Å²) < 4.78 is 9.85. The van der Waals surface area contributed by atoms with Crippen LogP contribution in [0, 0.1) is 0 Å². The first kappa shape index (κ1) is 22.7. The summed E-state index contributed by atoms with van der Waals surface area (Å²) in [6, 6.07) is 12.8. The van der Waals surface area contributed by atoms with E-state index >= 15 is 0 Å². The van der Waals surface area contributed by atoms with Crippen molar-refractivity contribution in [1.29, 1.82) is 0 Å². The van der Waals surface area contributed by atoms with Crippen molar-refractivity contribution in [1.82, 2.24) is 10.6 Å². The minimum Gasteiger partial charge on any atom is -0.447 e. The molecular formula is C22H24N6O6. The van der Waals surface area contributed by atoms with Crippen LogP contribution in [0.1, 0.15) is 0 Å². The Hall–Kier alpha value is -4.48. The van der Waals surface area contributed by atoms with Gasteiger partial charge in [0.05, 0.1) is 13.1 Å². The van der Waals surface area contributed by atoms with Gasteiger partial charge in [-0.2, -0.15) is 0 Å². The number of amides is 6. The van der Waals surface area contributed by atoms with Crippen molar-refractivity contribution in [2.45, 2.75) is 0 Å². The third-order valence-corrected chi connectivity index (χ3v) is 5.05. The Kier molecular flexibility index (Phi) is 6.96. The first-order chi connectivity index (χ1) is 16.5. The molecule has 2 saturated heterocycles. The summed E-state index contributed by atoms with van der Waals surface area (Å²) in [7, 11) is 0. The summed E-state index contributed by atoms with van der Waals surface area (Å²) in [5, 5.41) is 10.7. The van der Waals surface area contributed by atoms with E-state index in [2.05, 4.69) is 21.3 Å². The minimum atomic E-state index is -0.450. The van der Waals surface area contributed by atoms with E-state index in [0.29, 0.717) is 49.1 Å². The van der Waals surface area contributed by atoms with Crippen LogP contribution in [0.4, 0.5) is 41.9 Å². The molecule has 0 aromatic heterocycles. The predicted molar refractivity (Wildman–Crippen MR) is 124 cm³/mol. The van der Waals surface area contributed by atoms with E-state index in [0.717, 1.165) is 0 Å². The fourth-order valence-corrected chi connectivity index (χ4v) is 3.46. The number of nitrogens with zero attached hydrogens (tertiary/aromatic N) is 2. The van der Waals surface area contributed by atoms with E-state index in [1.54, 1.807) is 48.5 Å². The molecule has 4 N–H and O–H groups in total. The molecule has 12 nitrogen and oxygen atoms in total. The van der Waals surface area contributed by atoms with Gasteiger partial charge in [0, 0.05) is 35.8 Å². The summed E-state index contributed by atoms with van der Waals surface area (Å²) in [5.41, 5.74) is 2.29. The highest BCUT2D eigenvalue weighted by Crippen LogP contribution is 2.23. The lowest BCUT2D eigenvalue weighted by Gasteiger charge is -2.15. The number of cyclic esters (lactones) is 2. The highest BCUT2D eigenvalue weighted by Gasteiger charge is 2.24. The zero-order valence-corrected chi connectivity index (χ0v) is 18.2. The molecule has 34 heavy (non-hydrogen) atoms. The lowest BCUT2D eigenvalue weighted by atomic mass is 10.2. The summed E-state index contributed by atoms with van der Waals surface area (Å²) in [6.45, 7) is 1.95. The van der Waals surface area contributed by atoms with Crippen LogP contribution < -0.4 is 31.1 Å². The quantitative estimate of drug-likeness (QED) is 0.460. The predicted octanol–water partition coefficient (Wildman–Crippen LogP) is 2.54. The largest absolute Gasteiger partial charge is 0.447 e. The van der Waals surface area contributed by atoms with E-state index in [1.807, 2.05) is 0 Å². The average Bonchev–Trinajstić information content (AvgIpc) is 3.45. The van der Waals surface area contributed by atoms with Gasteiger partial charge in [-0.25, -0.2) is 19.2 Å². The second-order valence-electron chi connectivity index (χ2n) is 7.39. The van der Waals surface area contributed by atoms with E-state index in [9.17, 15) is 19.2 Å². The van der Waals surface area contributed by atoms with Gasteiger partial charge < -0.3 is 30.7 Å². The van der Waals surface area contributed by atoms with Gasteiger partial charge >= 0.3 is 24.2 Å². The number of rotatable bonds is 7. The lowest BCUT2D eigenvalue weighted by molar-refractivity contribution is 0.180. The number of carbonyl (C=O) groups excluding carboxylic acids is 4. The molecule has 6 amide bonds. The third kappa shape index (κ3) is 5.65. The van der Waals surface area contributed by atoms with Crippen molar-refractivity contribution in [2.75, 3.05) is 59.8 Å². The molecule has 178 valence electrons. The number of carbonyl (C=O) groups is 4. The summed E-state index contributed by atoms with van der Waals surface area (Å²) in [4.78, 5) is 50.6. The van der Waals surface area contributed by atoms with Gasteiger partial charge in [0.2, 0.25) is 0 Å². The Balaban J connectivity index is 1.18. The smallest absolute Gasteiger partial charge is 0.414 e. The topological polar surface area (TPSA) is 141 Å². The van der Waals surface area contributed by atoms with Crippen LogP contribution in [0.15, 0.2) is 48.5 Å². The number of hydrogen-bond acceptors (Lipinski definition) is 6. The van der Waals surface area contributed by atoms with Crippen molar-refractivity contribution in [2.24, 2.45) is 0 Å². The Morgan fingerprint density at radius 2 is 1.18 bits per heavy atom. The van der Waals surface area contributed by atoms with Crippen molar-refractivity contribution < 1.29 is 28.7 Å². The van der Waals surface area contributed by atoms with Crippen molar-refractivity contribution in [3.63, 3.8) is 0 Å². The molecule has 12 heteroatoms. The molecule has 0 aliphatic carbocycles. The molecule has 2 aliphatic heterocycles. The second kappa shape index (κ2) is 10.4. The fourth-order valence-electron chi connectivity index (χ4n) is 3.46.